The van der Waals surface area contributed by atoms with Gasteiger partial charge >= 0.3 is 0 Å². The molecule has 3 aliphatic heterocycles. The van der Waals surface area contributed by atoms with Crippen LogP contribution in [0.5, 0.6) is 0 Å². The number of hydrogen-bond acceptors (Lipinski definition) is 6. The van der Waals surface area contributed by atoms with Crippen molar-refractivity contribution in [2.45, 2.75) is 32.2 Å². The second-order valence-electron chi connectivity index (χ2n) is 8.82. The third kappa shape index (κ3) is 6.68. The summed E-state index contributed by atoms with van der Waals surface area (Å²) in [4.78, 5) is 19.7. The predicted octanol–water partition coefficient (Wildman–Crippen LogP) is 0.258. The van der Waals surface area contributed by atoms with E-state index in [4.69, 9.17) is 9.47 Å². The first-order valence-electron chi connectivity index (χ1n) is 10.6. The normalized spacial score (nSPS) is 24.8. The van der Waals surface area contributed by atoms with Gasteiger partial charge in [0.1, 0.15) is 0 Å². The lowest BCUT2D eigenvalue weighted by molar-refractivity contribution is -0.123. The molecule has 0 unspecified atom stereocenters. The molecule has 0 atom stereocenters. The largest absolute Gasteiger partial charge is 0.379 e. The summed E-state index contributed by atoms with van der Waals surface area (Å²) in [6.45, 7) is 16.3. The average molecular weight is 383 g/mol. The molecule has 3 saturated heterocycles. The minimum Gasteiger partial charge on any atom is -0.379 e. The van der Waals surface area contributed by atoms with Crippen molar-refractivity contribution in [3.8, 4) is 0 Å². The number of carbonyl (C=O) groups excluding carboxylic acids is 1. The SMILES string of the molecule is CC(C)(CNC(=O)CN1CCC(CN2CCOCC2)CC1)N1CCOCC1. The van der Waals surface area contributed by atoms with E-state index in [1.54, 1.807) is 0 Å². The molecule has 0 aliphatic carbocycles. The van der Waals surface area contributed by atoms with Crippen molar-refractivity contribution in [2.75, 3.05) is 85.3 Å². The van der Waals surface area contributed by atoms with Crippen LogP contribution in [0.3, 0.4) is 0 Å². The number of nitrogens with zero attached hydrogens (tertiary/aromatic N) is 3. The Morgan fingerprint density at radius 2 is 1.52 bits per heavy atom. The summed E-state index contributed by atoms with van der Waals surface area (Å²) < 4.78 is 10.9. The maximum absolute atomic E-state index is 12.4. The number of carbonyl (C=O) groups is 1. The minimum atomic E-state index is -0.0232. The van der Waals surface area contributed by atoms with E-state index in [2.05, 4.69) is 33.9 Å². The Morgan fingerprint density at radius 1 is 0.926 bits per heavy atom. The van der Waals surface area contributed by atoms with Crippen LogP contribution in [0.2, 0.25) is 0 Å². The smallest absolute Gasteiger partial charge is 0.234 e. The minimum absolute atomic E-state index is 0.0232. The fourth-order valence-corrected chi connectivity index (χ4v) is 4.33. The first-order valence-corrected chi connectivity index (χ1v) is 10.6. The summed E-state index contributed by atoms with van der Waals surface area (Å²) in [6.07, 6.45) is 2.40. The molecule has 27 heavy (non-hydrogen) atoms. The monoisotopic (exact) mass is 382 g/mol. The Morgan fingerprint density at radius 3 is 2.15 bits per heavy atom. The third-order valence-corrected chi connectivity index (χ3v) is 6.28. The van der Waals surface area contributed by atoms with Crippen LogP contribution >= 0.6 is 0 Å². The van der Waals surface area contributed by atoms with E-state index in [9.17, 15) is 4.79 Å². The van der Waals surface area contributed by atoms with Crippen LogP contribution in [0, 0.1) is 5.92 Å². The molecule has 3 fully saturated rings. The average Bonchev–Trinajstić information content (AvgIpc) is 2.70. The fourth-order valence-electron chi connectivity index (χ4n) is 4.33. The van der Waals surface area contributed by atoms with Crippen molar-refractivity contribution in [2.24, 2.45) is 5.92 Å². The van der Waals surface area contributed by atoms with Crippen LogP contribution in [0.1, 0.15) is 26.7 Å². The summed E-state index contributed by atoms with van der Waals surface area (Å²) in [5, 5.41) is 3.16. The zero-order valence-corrected chi connectivity index (χ0v) is 17.3. The summed E-state index contributed by atoms with van der Waals surface area (Å²) >= 11 is 0. The number of rotatable bonds is 7. The molecule has 7 heteroatoms. The molecule has 1 amide bonds. The number of ether oxygens (including phenoxy) is 2. The van der Waals surface area contributed by atoms with E-state index >= 15 is 0 Å². The van der Waals surface area contributed by atoms with Crippen LogP contribution in [0.25, 0.3) is 0 Å². The molecule has 0 aromatic rings. The molecule has 0 aromatic carbocycles. The highest BCUT2D eigenvalue weighted by Crippen LogP contribution is 2.19. The van der Waals surface area contributed by atoms with Crippen molar-refractivity contribution in [1.29, 1.82) is 0 Å². The van der Waals surface area contributed by atoms with Crippen molar-refractivity contribution in [3.05, 3.63) is 0 Å². The lowest BCUT2D eigenvalue weighted by atomic mass is 9.96. The number of amides is 1. The van der Waals surface area contributed by atoms with E-state index in [1.807, 2.05) is 0 Å². The van der Waals surface area contributed by atoms with E-state index < -0.39 is 0 Å². The van der Waals surface area contributed by atoms with Crippen molar-refractivity contribution < 1.29 is 14.3 Å². The zero-order valence-electron chi connectivity index (χ0n) is 17.3. The van der Waals surface area contributed by atoms with Crippen molar-refractivity contribution in [1.82, 2.24) is 20.0 Å². The van der Waals surface area contributed by atoms with Gasteiger partial charge in [0.15, 0.2) is 0 Å². The molecular formula is C20H38N4O3. The highest BCUT2D eigenvalue weighted by molar-refractivity contribution is 5.78. The van der Waals surface area contributed by atoms with Gasteiger partial charge in [-0.2, -0.15) is 0 Å². The number of morpholine rings is 2. The van der Waals surface area contributed by atoms with E-state index in [0.717, 1.165) is 71.6 Å². The zero-order chi connectivity index (χ0) is 19.1. The fraction of sp³-hybridized carbons (Fsp3) is 0.950. The molecule has 0 aromatic heterocycles. The first kappa shape index (κ1) is 21.0. The van der Waals surface area contributed by atoms with Crippen molar-refractivity contribution in [3.63, 3.8) is 0 Å². The first-order chi connectivity index (χ1) is 13.0. The van der Waals surface area contributed by atoms with Gasteiger partial charge in [-0.15, -0.1) is 0 Å². The van der Waals surface area contributed by atoms with E-state index in [-0.39, 0.29) is 11.4 Å². The highest BCUT2D eigenvalue weighted by Gasteiger charge is 2.29. The standard InChI is InChI=1S/C20H38N4O3/c1-20(2,24-9-13-27-14-10-24)17-21-19(25)16-22-5-3-18(4-6-22)15-23-7-11-26-12-8-23/h18H,3-17H2,1-2H3,(H,21,25). The van der Waals surface area contributed by atoms with Crippen LogP contribution in [0.15, 0.2) is 0 Å². The maximum atomic E-state index is 12.4. The molecule has 0 bridgehead atoms. The summed E-state index contributed by atoms with van der Waals surface area (Å²) in [6, 6.07) is 0. The molecule has 3 heterocycles. The Bertz CT molecular complexity index is 454. The second-order valence-corrected chi connectivity index (χ2v) is 8.82. The molecule has 1 N–H and O–H groups in total. The van der Waals surface area contributed by atoms with Gasteiger partial charge in [-0.1, -0.05) is 0 Å². The molecule has 0 saturated carbocycles. The topological polar surface area (TPSA) is 57.3 Å². The van der Waals surface area contributed by atoms with Crippen LogP contribution < -0.4 is 5.32 Å². The lowest BCUT2D eigenvalue weighted by Crippen LogP contribution is -2.56. The molecular weight excluding hydrogens is 344 g/mol. The molecule has 3 rings (SSSR count). The van der Waals surface area contributed by atoms with Gasteiger partial charge in [0.25, 0.3) is 0 Å². The van der Waals surface area contributed by atoms with Crippen LogP contribution in [-0.2, 0) is 14.3 Å². The van der Waals surface area contributed by atoms with E-state index in [0.29, 0.717) is 13.1 Å². The third-order valence-electron chi connectivity index (χ3n) is 6.28. The predicted molar refractivity (Wildman–Crippen MR) is 106 cm³/mol. The molecule has 3 aliphatic rings. The Hall–Kier alpha value is -0.730. The van der Waals surface area contributed by atoms with Gasteiger partial charge in [-0.3, -0.25) is 19.5 Å². The number of nitrogens with one attached hydrogen (secondary N) is 1. The van der Waals surface area contributed by atoms with E-state index in [1.165, 1.54) is 19.4 Å². The second kappa shape index (κ2) is 10.2. The molecule has 156 valence electrons. The van der Waals surface area contributed by atoms with Gasteiger partial charge in [0.2, 0.25) is 5.91 Å². The van der Waals surface area contributed by atoms with Gasteiger partial charge < -0.3 is 14.8 Å². The maximum Gasteiger partial charge on any atom is 0.234 e. The summed E-state index contributed by atoms with van der Waals surface area (Å²) in [5.41, 5.74) is -0.0232. The summed E-state index contributed by atoms with van der Waals surface area (Å²) in [5.74, 6) is 0.922. The van der Waals surface area contributed by atoms with Crippen LogP contribution in [0.4, 0.5) is 0 Å². The molecule has 7 nitrogen and oxygen atoms in total. The van der Waals surface area contributed by atoms with Crippen LogP contribution in [-0.4, -0.2) is 111 Å². The molecule has 0 radical (unpaired) electrons. The summed E-state index contributed by atoms with van der Waals surface area (Å²) in [7, 11) is 0. The van der Waals surface area contributed by atoms with Gasteiger partial charge in [0, 0.05) is 44.8 Å². The Labute approximate surface area is 164 Å². The number of hydrogen-bond donors (Lipinski definition) is 1. The van der Waals surface area contributed by atoms with Crippen molar-refractivity contribution >= 4 is 5.91 Å². The number of piperidine rings is 1. The van der Waals surface area contributed by atoms with Gasteiger partial charge in [-0.05, 0) is 45.7 Å². The quantitative estimate of drug-likeness (QED) is 0.682. The van der Waals surface area contributed by atoms with Gasteiger partial charge in [0.05, 0.1) is 33.0 Å². The number of likely N-dealkylation sites (tertiary alicyclic amines) is 1. The Kier molecular flexibility index (Phi) is 7.90. The van der Waals surface area contributed by atoms with Gasteiger partial charge in [-0.25, -0.2) is 0 Å². The lowest BCUT2D eigenvalue weighted by Gasteiger charge is -2.41. The highest BCUT2D eigenvalue weighted by atomic mass is 16.5. The molecule has 0 spiro atoms. The Balaban J connectivity index is 1.31.